The zero-order valence-electron chi connectivity index (χ0n) is 16.7. The highest BCUT2D eigenvalue weighted by molar-refractivity contribution is 9.10. The molecule has 0 aliphatic carbocycles. The van der Waals surface area contributed by atoms with E-state index in [0.717, 1.165) is 4.47 Å². The predicted octanol–water partition coefficient (Wildman–Crippen LogP) is 5.83. The first-order chi connectivity index (χ1) is 14.8. The number of nitrogens with one attached hydrogen (secondary N) is 1. The molecule has 0 radical (unpaired) electrons. The summed E-state index contributed by atoms with van der Waals surface area (Å²) in [6.07, 6.45) is 0. The van der Waals surface area contributed by atoms with Gasteiger partial charge in [0.2, 0.25) is 0 Å². The maximum atomic E-state index is 12.6. The highest BCUT2D eigenvalue weighted by Gasteiger charge is 2.20. The summed E-state index contributed by atoms with van der Waals surface area (Å²) in [5, 5.41) is 12.7. The van der Waals surface area contributed by atoms with Gasteiger partial charge in [0.15, 0.2) is 16.8 Å². The summed E-state index contributed by atoms with van der Waals surface area (Å²) in [6, 6.07) is 11.5. The van der Waals surface area contributed by atoms with Crippen molar-refractivity contribution in [1.82, 2.24) is 20.1 Å². The molecule has 1 aromatic heterocycles. The van der Waals surface area contributed by atoms with E-state index in [1.807, 2.05) is 30.5 Å². The first-order valence-electron chi connectivity index (χ1n) is 9.40. The molecule has 1 unspecified atom stereocenters. The quantitative estimate of drug-likeness (QED) is 0.286. The average Bonchev–Trinajstić information content (AvgIpc) is 3.17. The normalized spacial score (nSPS) is 11.9. The number of rotatable bonds is 8. The SMILES string of the molecule is CCn1c(SCC(=O)c2ccc(Br)cc2)nnc1C(C)NC(=O)c1ccc(Cl)c(Cl)c1. The van der Waals surface area contributed by atoms with Crippen LogP contribution in [0.25, 0.3) is 0 Å². The number of benzene rings is 2. The largest absolute Gasteiger partial charge is 0.342 e. The van der Waals surface area contributed by atoms with Crippen molar-refractivity contribution in [2.45, 2.75) is 31.6 Å². The lowest BCUT2D eigenvalue weighted by atomic mass is 10.2. The second-order valence-corrected chi connectivity index (χ2v) is 9.30. The Kier molecular flexibility index (Phi) is 8.16. The molecule has 0 spiro atoms. The molecule has 2 aromatic carbocycles. The molecule has 3 aromatic rings. The van der Waals surface area contributed by atoms with Crippen molar-refractivity contribution in [1.29, 1.82) is 0 Å². The van der Waals surface area contributed by atoms with Crippen molar-refractivity contribution in [3.63, 3.8) is 0 Å². The van der Waals surface area contributed by atoms with Crippen molar-refractivity contribution in [3.05, 3.63) is 73.9 Å². The Morgan fingerprint density at radius 3 is 2.42 bits per heavy atom. The fourth-order valence-corrected chi connectivity index (χ4v) is 4.32. The van der Waals surface area contributed by atoms with Crippen molar-refractivity contribution < 1.29 is 9.59 Å². The maximum absolute atomic E-state index is 12.6. The van der Waals surface area contributed by atoms with E-state index < -0.39 is 6.04 Å². The van der Waals surface area contributed by atoms with E-state index in [-0.39, 0.29) is 17.4 Å². The summed E-state index contributed by atoms with van der Waals surface area (Å²) >= 11 is 16.6. The van der Waals surface area contributed by atoms with Crippen molar-refractivity contribution in [2.24, 2.45) is 0 Å². The number of amides is 1. The summed E-state index contributed by atoms with van der Waals surface area (Å²) in [4.78, 5) is 25.0. The molecule has 6 nitrogen and oxygen atoms in total. The number of thioether (sulfide) groups is 1. The van der Waals surface area contributed by atoms with Gasteiger partial charge in [-0.05, 0) is 44.2 Å². The van der Waals surface area contributed by atoms with Crippen LogP contribution in [-0.2, 0) is 6.54 Å². The number of halogens is 3. The Hall–Kier alpha value is -1.87. The van der Waals surface area contributed by atoms with E-state index in [0.29, 0.717) is 38.7 Å². The van der Waals surface area contributed by atoms with Crippen molar-refractivity contribution >= 4 is 62.6 Å². The first kappa shape index (κ1) is 23.8. The number of hydrogen-bond donors (Lipinski definition) is 1. The standard InChI is InChI=1S/C21H19BrCl2N4O2S/c1-3-28-19(12(2)25-20(30)14-6-9-16(23)17(24)10-14)26-27-21(28)31-11-18(29)13-4-7-15(22)8-5-13/h4-10,12H,3,11H2,1-2H3,(H,25,30). The summed E-state index contributed by atoms with van der Waals surface area (Å²) in [5.74, 6) is 0.556. The fourth-order valence-electron chi connectivity index (χ4n) is 2.86. The van der Waals surface area contributed by atoms with Gasteiger partial charge in [0, 0.05) is 22.1 Å². The summed E-state index contributed by atoms with van der Waals surface area (Å²) in [7, 11) is 0. The summed E-state index contributed by atoms with van der Waals surface area (Å²) in [6.45, 7) is 4.39. The van der Waals surface area contributed by atoms with Crippen molar-refractivity contribution in [3.8, 4) is 0 Å². The molecule has 3 rings (SSSR count). The number of hydrogen-bond acceptors (Lipinski definition) is 5. The molecule has 1 N–H and O–H groups in total. The third-order valence-electron chi connectivity index (χ3n) is 4.48. The highest BCUT2D eigenvalue weighted by Crippen LogP contribution is 2.24. The maximum Gasteiger partial charge on any atom is 0.251 e. The van der Waals surface area contributed by atoms with Gasteiger partial charge >= 0.3 is 0 Å². The van der Waals surface area contributed by atoms with E-state index in [1.165, 1.54) is 17.8 Å². The number of ketones is 1. The van der Waals surface area contributed by atoms with Crippen LogP contribution in [-0.4, -0.2) is 32.2 Å². The highest BCUT2D eigenvalue weighted by atomic mass is 79.9. The van der Waals surface area contributed by atoms with Crippen LogP contribution in [0.15, 0.2) is 52.1 Å². The number of carbonyl (C=O) groups is 2. The van der Waals surface area contributed by atoms with Crippen LogP contribution in [0.4, 0.5) is 0 Å². The molecule has 1 amide bonds. The lowest BCUT2D eigenvalue weighted by Crippen LogP contribution is -2.28. The smallest absolute Gasteiger partial charge is 0.251 e. The second-order valence-electron chi connectivity index (χ2n) is 6.63. The molecule has 0 saturated carbocycles. The van der Waals surface area contributed by atoms with Gasteiger partial charge in [-0.3, -0.25) is 9.59 Å². The Balaban J connectivity index is 1.68. The zero-order chi connectivity index (χ0) is 22.5. The van der Waals surface area contributed by atoms with E-state index >= 15 is 0 Å². The van der Waals surface area contributed by atoms with Gasteiger partial charge in [0.1, 0.15) is 0 Å². The second kappa shape index (κ2) is 10.6. The molecule has 1 atom stereocenters. The molecule has 162 valence electrons. The van der Waals surface area contributed by atoms with Gasteiger partial charge < -0.3 is 9.88 Å². The number of aromatic nitrogens is 3. The minimum atomic E-state index is -0.397. The van der Waals surface area contributed by atoms with Gasteiger partial charge in [-0.25, -0.2) is 0 Å². The molecule has 0 aliphatic rings. The topological polar surface area (TPSA) is 76.9 Å². The van der Waals surface area contributed by atoms with E-state index in [1.54, 1.807) is 24.3 Å². The van der Waals surface area contributed by atoms with Gasteiger partial charge in [-0.2, -0.15) is 0 Å². The monoisotopic (exact) mass is 540 g/mol. The molecule has 10 heteroatoms. The summed E-state index contributed by atoms with van der Waals surface area (Å²) < 4.78 is 2.81. The number of carbonyl (C=O) groups excluding carboxylic acids is 2. The van der Waals surface area contributed by atoms with Crippen LogP contribution in [0.5, 0.6) is 0 Å². The molecule has 31 heavy (non-hydrogen) atoms. The van der Waals surface area contributed by atoms with Crippen LogP contribution in [0, 0.1) is 0 Å². The Bertz CT molecular complexity index is 1110. The average molecular weight is 542 g/mol. The molecular weight excluding hydrogens is 523 g/mol. The van der Waals surface area contributed by atoms with E-state index in [2.05, 4.69) is 31.4 Å². The van der Waals surface area contributed by atoms with Crippen LogP contribution in [0.2, 0.25) is 10.0 Å². The van der Waals surface area contributed by atoms with Gasteiger partial charge in [0.05, 0.1) is 21.8 Å². The Morgan fingerprint density at radius 2 is 1.77 bits per heavy atom. The minimum absolute atomic E-state index is 0.00525. The summed E-state index contributed by atoms with van der Waals surface area (Å²) in [5.41, 5.74) is 1.04. The Labute approximate surface area is 202 Å². The number of Topliss-reactive ketones (excluding diaryl/α,β-unsaturated/α-hetero) is 1. The predicted molar refractivity (Wildman–Crippen MR) is 127 cm³/mol. The number of nitrogens with zero attached hydrogens (tertiary/aromatic N) is 3. The molecule has 0 aliphatic heterocycles. The van der Waals surface area contributed by atoms with Crippen LogP contribution in [0.3, 0.4) is 0 Å². The van der Waals surface area contributed by atoms with E-state index in [9.17, 15) is 9.59 Å². The van der Waals surface area contributed by atoms with Gasteiger partial charge in [0.25, 0.3) is 5.91 Å². The molecule has 0 saturated heterocycles. The van der Waals surface area contributed by atoms with Crippen LogP contribution >= 0.6 is 50.9 Å². The van der Waals surface area contributed by atoms with E-state index in [4.69, 9.17) is 23.2 Å². The molecule has 1 heterocycles. The minimum Gasteiger partial charge on any atom is -0.342 e. The first-order valence-corrected chi connectivity index (χ1v) is 11.9. The molecular formula is C21H19BrCl2N4O2S. The van der Waals surface area contributed by atoms with Crippen LogP contribution in [0.1, 0.15) is 46.4 Å². The van der Waals surface area contributed by atoms with Gasteiger partial charge in [-0.15, -0.1) is 10.2 Å². The molecule has 0 fully saturated rings. The lowest BCUT2D eigenvalue weighted by molar-refractivity contribution is 0.0936. The van der Waals surface area contributed by atoms with Crippen LogP contribution < -0.4 is 5.32 Å². The van der Waals surface area contributed by atoms with Gasteiger partial charge in [-0.1, -0.05) is 63.0 Å². The zero-order valence-corrected chi connectivity index (χ0v) is 20.6. The fraction of sp³-hybridized carbons (Fsp3) is 0.238. The lowest BCUT2D eigenvalue weighted by Gasteiger charge is -2.15. The molecule has 0 bridgehead atoms. The third-order valence-corrected chi connectivity index (χ3v) is 6.71. The Morgan fingerprint density at radius 1 is 1.10 bits per heavy atom. The van der Waals surface area contributed by atoms with Crippen molar-refractivity contribution in [2.75, 3.05) is 5.75 Å². The third kappa shape index (κ3) is 5.88.